The van der Waals surface area contributed by atoms with Crippen molar-refractivity contribution in [1.82, 2.24) is 10.2 Å². The Morgan fingerprint density at radius 2 is 2.12 bits per heavy atom. The number of hydrogen-bond donors (Lipinski definition) is 2. The average molecular weight is 332 g/mol. The third-order valence-electron chi connectivity index (χ3n) is 4.05. The first-order valence-electron chi connectivity index (χ1n) is 8.08. The predicted octanol–water partition coefficient (Wildman–Crippen LogP) is 1.45. The number of benzene rings is 1. The maximum atomic E-state index is 13.1. The molecule has 7 nitrogen and oxygen atoms in total. The van der Waals surface area contributed by atoms with Gasteiger partial charge in [-0.3, -0.25) is 9.79 Å². The first kappa shape index (κ1) is 17.8. The Bertz CT molecular complexity index is 603. The van der Waals surface area contributed by atoms with Gasteiger partial charge in [0, 0.05) is 13.1 Å². The zero-order valence-corrected chi connectivity index (χ0v) is 14.1. The molecule has 1 unspecified atom stereocenters. The Balaban J connectivity index is 2.26. The fourth-order valence-corrected chi connectivity index (χ4v) is 2.90. The lowest BCUT2D eigenvalue weighted by molar-refractivity contribution is -0.133. The summed E-state index contributed by atoms with van der Waals surface area (Å²) in [5.74, 6) is 0.261. The van der Waals surface area contributed by atoms with Gasteiger partial charge in [0.1, 0.15) is 11.9 Å². The zero-order valence-electron chi connectivity index (χ0n) is 14.1. The second-order valence-corrected chi connectivity index (χ2v) is 5.57. The van der Waals surface area contributed by atoms with Crippen molar-refractivity contribution >= 4 is 17.8 Å². The van der Waals surface area contributed by atoms with Crippen molar-refractivity contribution in [2.24, 2.45) is 10.7 Å². The monoisotopic (exact) mass is 332 g/mol. The molecule has 0 spiro atoms. The Hall–Kier alpha value is -2.57. The van der Waals surface area contributed by atoms with Crippen molar-refractivity contribution in [2.45, 2.75) is 31.8 Å². The number of alkyl carbamates (subject to hydrolysis) is 1. The summed E-state index contributed by atoms with van der Waals surface area (Å²) in [4.78, 5) is 30.7. The number of amides is 2. The van der Waals surface area contributed by atoms with Crippen molar-refractivity contribution in [3.05, 3.63) is 35.9 Å². The molecule has 1 aliphatic rings. The number of nitrogens with one attached hydrogen (secondary N) is 1. The highest BCUT2D eigenvalue weighted by molar-refractivity contribution is 5.94. The molecule has 0 aromatic heterocycles. The van der Waals surface area contributed by atoms with Gasteiger partial charge in [-0.15, -0.1) is 0 Å². The number of aliphatic imine (C=N–C) groups is 1. The third kappa shape index (κ3) is 4.04. The predicted molar refractivity (Wildman–Crippen MR) is 91.6 cm³/mol. The van der Waals surface area contributed by atoms with E-state index < -0.39 is 12.1 Å². The standard InChI is InChI=1S/C17H24N4O3/c1-3-19-15(18)13-10-7-11-21(13)16(22)14(20-17(23)24-2)12-8-5-4-6-9-12/h4-6,8-9,13-14H,3,7,10-11H2,1-2H3,(H2,18,19)(H,20,23)/t13?,14-/m1/s1. The summed E-state index contributed by atoms with van der Waals surface area (Å²) in [7, 11) is 1.27. The summed E-state index contributed by atoms with van der Waals surface area (Å²) in [5, 5.41) is 2.62. The van der Waals surface area contributed by atoms with E-state index in [9.17, 15) is 9.59 Å². The number of nitrogens with zero attached hydrogens (tertiary/aromatic N) is 2. The molecule has 2 rings (SSSR count). The zero-order chi connectivity index (χ0) is 17.5. The van der Waals surface area contributed by atoms with Gasteiger partial charge in [-0.25, -0.2) is 4.79 Å². The van der Waals surface area contributed by atoms with Crippen LogP contribution in [0.3, 0.4) is 0 Å². The number of methoxy groups -OCH3 is 1. The van der Waals surface area contributed by atoms with Gasteiger partial charge in [-0.2, -0.15) is 0 Å². The number of amidine groups is 1. The van der Waals surface area contributed by atoms with Crippen LogP contribution in [0.1, 0.15) is 31.4 Å². The van der Waals surface area contributed by atoms with E-state index in [0.717, 1.165) is 12.8 Å². The number of rotatable bonds is 5. The second kappa shape index (κ2) is 8.33. The molecule has 7 heteroatoms. The van der Waals surface area contributed by atoms with Crippen LogP contribution in [0.5, 0.6) is 0 Å². The van der Waals surface area contributed by atoms with E-state index in [1.807, 2.05) is 25.1 Å². The van der Waals surface area contributed by atoms with Crippen LogP contribution in [-0.2, 0) is 9.53 Å². The van der Waals surface area contributed by atoms with E-state index >= 15 is 0 Å². The van der Waals surface area contributed by atoms with Gasteiger partial charge < -0.3 is 20.7 Å². The minimum atomic E-state index is -0.811. The first-order valence-corrected chi connectivity index (χ1v) is 8.08. The Morgan fingerprint density at radius 3 is 2.75 bits per heavy atom. The summed E-state index contributed by atoms with van der Waals surface area (Å²) in [6.07, 6.45) is 0.986. The molecule has 1 fully saturated rings. The molecule has 0 bridgehead atoms. The molecule has 130 valence electrons. The maximum absolute atomic E-state index is 13.1. The highest BCUT2D eigenvalue weighted by Gasteiger charge is 2.36. The lowest BCUT2D eigenvalue weighted by atomic mass is 10.0. The summed E-state index contributed by atoms with van der Waals surface area (Å²) in [6, 6.07) is 8.07. The maximum Gasteiger partial charge on any atom is 0.407 e. The van der Waals surface area contributed by atoms with Gasteiger partial charge in [-0.05, 0) is 25.3 Å². The largest absolute Gasteiger partial charge is 0.453 e. The van der Waals surface area contributed by atoms with Crippen LogP contribution >= 0.6 is 0 Å². The van der Waals surface area contributed by atoms with Crippen molar-refractivity contribution in [3.63, 3.8) is 0 Å². The van der Waals surface area contributed by atoms with Gasteiger partial charge in [0.05, 0.1) is 13.2 Å². The van der Waals surface area contributed by atoms with Crippen molar-refractivity contribution in [3.8, 4) is 0 Å². The SMILES string of the molecule is CC/N=C(\N)C1CCCN1C(=O)[C@H](NC(=O)OC)c1ccccc1. The molecule has 1 saturated heterocycles. The highest BCUT2D eigenvalue weighted by atomic mass is 16.5. The van der Waals surface area contributed by atoms with Gasteiger partial charge in [-0.1, -0.05) is 30.3 Å². The quantitative estimate of drug-likeness (QED) is 0.630. The smallest absolute Gasteiger partial charge is 0.407 e. The first-order chi connectivity index (χ1) is 11.6. The van der Waals surface area contributed by atoms with Gasteiger partial charge in [0.2, 0.25) is 0 Å². The van der Waals surface area contributed by atoms with Crippen LogP contribution in [0, 0.1) is 0 Å². The third-order valence-corrected chi connectivity index (χ3v) is 4.05. The lowest BCUT2D eigenvalue weighted by Gasteiger charge is -2.29. The fraction of sp³-hybridized carbons (Fsp3) is 0.471. The van der Waals surface area contributed by atoms with Gasteiger partial charge in [0.25, 0.3) is 5.91 Å². The molecule has 2 amide bonds. The summed E-state index contributed by atoms with van der Waals surface area (Å²) in [5.41, 5.74) is 6.73. The average Bonchev–Trinajstić information content (AvgIpc) is 3.09. The minimum Gasteiger partial charge on any atom is -0.453 e. The topological polar surface area (TPSA) is 97.0 Å². The Kier molecular flexibility index (Phi) is 6.17. The van der Waals surface area contributed by atoms with E-state index in [-0.39, 0.29) is 11.9 Å². The van der Waals surface area contributed by atoms with Crippen LogP contribution in [0.15, 0.2) is 35.3 Å². The molecule has 1 aromatic carbocycles. The molecule has 0 radical (unpaired) electrons. The number of likely N-dealkylation sites (tertiary alicyclic amines) is 1. The number of hydrogen-bond acceptors (Lipinski definition) is 4. The van der Waals surface area contributed by atoms with Gasteiger partial charge in [0.15, 0.2) is 0 Å². The van der Waals surface area contributed by atoms with Crippen molar-refractivity contribution in [1.29, 1.82) is 0 Å². The lowest BCUT2D eigenvalue weighted by Crippen LogP contribution is -2.49. The number of carbonyl (C=O) groups is 2. The molecule has 1 aromatic rings. The van der Waals surface area contributed by atoms with E-state index in [1.165, 1.54) is 7.11 Å². The number of carbonyl (C=O) groups excluding carboxylic acids is 2. The van der Waals surface area contributed by atoms with Crippen LogP contribution in [0.25, 0.3) is 0 Å². The summed E-state index contributed by atoms with van der Waals surface area (Å²) in [6.45, 7) is 3.07. The van der Waals surface area contributed by atoms with E-state index in [2.05, 4.69) is 15.0 Å². The second-order valence-electron chi connectivity index (χ2n) is 5.57. The minimum absolute atomic E-state index is 0.205. The van der Waals surface area contributed by atoms with Gasteiger partial charge >= 0.3 is 6.09 Å². The Labute approximate surface area is 141 Å². The molecule has 1 heterocycles. The van der Waals surface area contributed by atoms with Crippen LogP contribution < -0.4 is 11.1 Å². The molecule has 24 heavy (non-hydrogen) atoms. The Morgan fingerprint density at radius 1 is 1.42 bits per heavy atom. The molecule has 0 aliphatic carbocycles. The fourth-order valence-electron chi connectivity index (χ4n) is 2.90. The van der Waals surface area contributed by atoms with E-state index in [4.69, 9.17) is 5.73 Å². The highest BCUT2D eigenvalue weighted by Crippen LogP contribution is 2.24. The van der Waals surface area contributed by atoms with Crippen LogP contribution in [0.4, 0.5) is 4.79 Å². The van der Waals surface area contributed by atoms with Crippen molar-refractivity contribution < 1.29 is 14.3 Å². The van der Waals surface area contributed by atoms with E-state index in [1.54, 1.807) is 17.0 Å². The van der Waals surface area contributed by atoms with E-state index in [0.29, 0.717) is 24.5 Å². The summed E-state index contributed by atoms with van der Waals surface area (Å²) < 4.78 is 4.66. The molecule has 1 aliphatic heterocycles. The molecule has 2 atom stereocenters. The molecule has 3 N–H and O–H groups in total. The number of nitrogens with two attached hydrogens (primary N) is 1. The number of ether oxygens (including phenoxy) is 1. The normalized spacial score (nSPS) is 19.0. The molecule has 0 saturated carbocycles. The van der Waals surface area contributed by atoms with Crippen LogP contribution in [-0.4, -0.2) is 49.0 Å². The molecular formula is C17H24N4O3. The van der Waals surface area contributed by atoms with Crippen molar-refractivity contribution in [2.75, 3.05) is 20.2 Å². The van der Waals surface area contributed by atoms with Crippen LogP contribution in [0.2, 0.25) is 0 Å². The summed E-state index contributed by atoms with van der Waals surface area (Å²) >= 11 is 0. The molecular weight excluding hydrogens is 308 g/mol.